The van der Waals surface area contributed by atoms with Crippen LogP contribution in [-0.2, 0) is 6.42 Å². The molecule has 0 aliphatic carbocycles. The van der Waals surface area contributed by atoms with Gasteiger partial charge in [0, 0.05) is 23.3 Å². The first-order chi connectivity index (χ1) is 17.6. The zero-order chi connectivity index (χ0) is 26.3. The van der Waals surface area contributed by atoms with E-state index in [0.717, 1.165) is 5.69 Å². The topological polar surface area (TPSA) is 115 Å². The van der Waals surface area contributed by atoms with Crippen molar-refractivity contribution in [3.8, 4) is 28.7 Å². The van der Waals surface area contributed by atoms with Gasteiger partial charge in [-0.05, 0) is 45.0 Å². The van der Waals surface area contributed by atoms with Gasteiger partial charge in [-0.25, -0.2) is 9.97 Å². The number of nitrogens with zero attached hydrogens (tertiary/aromatic N) is 6. The maximum Gasteiger partial charge on any atom is 0.394 e. The quantitative estimate of drug-likeness (QED) is 0.325. The lowest BCUT2D eigenvalue weighted by atomic mass is 9.99. The summed E-state index contributed by atoms with van der Waals surface area (Å²) in [6.45, 7) is 4.96. The van der Waals surface area contributed by atoms with Crippen molar-refractivity contribution in [3.63, 3.8) is 0 Å². The van der Waals surface area contributed by atoms with Crippen molar-refractivity contribution in [1.82, 2.24) is 34.9 Å². The van der Waals surface area contributed by atoms with Crippen LogP contribution in [-0.4, -0.2) is 46.2 Å². The van der Waals surface area contributed by atoms with E-state index in [1.165, 1.54) is 6.92 Å². The van der Waals surface area contributed by atoms with Gasteiger partial charge in [0.1, 0.15) is 17.9 Å². The van der Waals surface area contributed by atoms with Crippen molar-refractivity contribution in [2.75, 3.05) is 0 Å². The minimum Gasteiger partial charge on any atom is -0.437 e. The van der Waals surface area contributed by atoms with Crippen molar-refractivity contribution >= 4 is 11.0 Å². The number of rotatable bonds is 6. The number of hydrogen-bond acceptors (Lipinski definition) is 7. The Morgan fingerprint density at radius 2 is 1.89 bits per heavy atom. The molecule has 4 aromatic heterocycles. The summed E-state index contributed by atoms with van der Waals surface area (Å²) in [5.41, 5.74) is 3.13. The number of aromatic amines is 1. The Kier molecular flexibility index (Phi) is 6.12. The molecule has 0 aliphatic heterocycles. The number of aliphatic hydroxyl groups excluding tert-OH is 1. The van der Waals surface area contributed by atoms with Crippen molar-refractivity contribution in [3.05, 3.63) is 71.4 Å². The molecular formula is C25H22F3N7O2. The van der Waals surface area contributed by atoms with Crippen molar-refractivity contribution in [2.24, 2.45) is 0 Å². The van der Waals surface area contributed by atoms with Crippen molar-refractivity contribution in [2.45, 2.75) is 39.5 Å². The third-order valence-corrected chi connectivity index (χ3v) is 5.76. The second-order valence-corrected chi connectivity index (χ2v) is 8.62. The number of ether oxygens (including phenoxy) is 1. The first-order valence-corrected chi connectivity index (χ1v) is 11.3. The van der Waals surface area contributed by atoms with Gasteiger partial charge in [0.25, 0.3) is 0 Å². The van der Waals surface area contributed by atoms with Crippen LogP contribution in [0.2, 0.25) is 0 Å². The standard InChI is InChI=1S/C25H22F3N7O2/c1-13-4-9-22(34-31-13)37-16-5-7-20-18(10-16)29-12-35(20)21-8-6-17(15(3)36)24(30-21)23-14(2)32-33-19(23)11-25(26,27)28/h4-10,12,15,36H,11H2,1-3H3,(H,32,33). The molecule has 9 nitrogen and oxygen atoms in total. The highest BCUT2D eigenvalue weighted by molar-refractivity contribution is 5.79. The van der Waals surface area contributed by atoms with Gasteiger partial charge in [0.15, 0.2) is 0 Å². The Balaban J connectivity index is 1.55. The Hall–Kier alpha value is -4.32. The SMILES string of the molecule is Cc1ccc(Oc2ccc3c(c2)ncn3-c2ccc(C(C)O)c(-c3c(C)n[nH]c3CC(F)(F)F)n2)nn1. The molecule has 0 saturated heterocycles. The number of fused-ring (bicyclic) bond motifs is 1. The molecule has 0 aliphatic rings. The maximum absolute atomic E-state index is 13.2. The van der Waals surface area contributed by atoms with Crippen LogP contribution in [0.1, 0.15) is 35.7 Å². The molecule has 190 valence electrons. The smallest absolute Gasteiger partial charge is 0.394 e. The van der Waals surface area contributed by atoms with E-state index in [1.54, 1.807) is 60.3 Å². The number of hydrogen-bond donors (Lipinski definition) is 2. The number of aryl methyl sites for hydroxylation is 2. The molecule has 5 aromatic rings. The third-order valence-electron chi connectivity index (χ3n) is 5.76. The minimum absolute atomic E-state index is 0.118. The number of imidazole rings is 1. The van der Waals surface area contributed by atoms with Crippen LogP contribution >= 0.6 is 0 Å². The summed E-state index contributed by atoms with van der Waals surface area (Å²) < 4.78 is 47.1. The first-order valence-electron chi connectivity index (χ1n) is 11.3. The number of aliphatic hydroxyl groups is 1. The van der Waals surface area contributed by atoms with Gasteiger partial charge in [-0.15, -0.1) is 5.10 Å². The van der Waals surface area contributed by atoms with E-state index >= 15 is 0 Å². The fraction of sp³-hybridized carbons (Fsp3) is 0.240. The monoisotopic (exact) mass is 509 g/mol. The van der Waals surface area contributed by atoms with E-state index in [1.807, 2.05) is 6.92 Å². The maximum atomic E-state index is 13.2. The molecule has 1 unspecified atom stereocenters. The number of aromatic nitrogens is 7. The molecule has 0 amide bonds. The molecule has 0 saturated carbocycles. The highest BCUT2D eigenvalue weighted by Crippen LogP contribution is 2.35. The number of halogens is 3. The molecule has 0 bridgehead atoms. The zero-order valence-electron chi connectivity index (χ0n) is 20.1. The van der Waals surface area contributed by atoms with E-state index in [0.29, 0.717) is 39.7 Å². The normalized spacial score (nSPS) is 12.7. The van der Waals surface area contributed by atoms with E-state index in [-0.39, 0.29) is 17.0 Å². The summed E-state index contributed by atoms with van der Waals surface area (Å²) in [5, 5.41) is 24.8. The fourth-order valence-electron chi connectivity index (χ4n) is 4.06. The van der Waals surface area contributed by atoms with Crippen LogP contribution in [0.25, 0.3) is 28.1 Å². The van der Waals surface area contributed by atoms with E-state index in [2.05, 4.69) is 30.4 Å². The van der Waals surface area contributed by atoms with Crippen LogP contribution in [0, 0.1) is 13.8 Å². The lowest BCUT2D eigenvalue weighted by molar-refractivity contribution is -0.127. The lowest BCUT2D eigenvalue weighted by Crippen LogP contribution is -2.13. The molecule has 12 heteroatoms. The highest BCUT2D eigenvalue weighted by atomic mass is 19.4. The van der Waals surface area contributed by atoms with Gasteiger partial charge in [-0.1, -0.05) is 6.07 Å². The van der Waals surface area contributed by atoms with Crippen LogP contribution in [0.4, 0.5) is 13.2 Å². The largest absolute Gasteiger partial charge is 0.437 e. The van der Waals surface area contributed by atoms with Gasteiger partial charge in [-0.3, -0.25) is 9.67 Å². The fourth-order valence-corrected chi connectivity index (χ4v) is 4.06. The van der Waals surface area contributed by atoms with E-state index in [9.17, 15) is 18.3 Å². The minimum atomic E-state index is -4.44. The molecule has 0 spiro atoms. The number of alkyl halides is 3. The van der Waals surface area contributed by atoms with Crippen molar-refractivity contribution in [1.29, 1.82) is 0 Å². The summed E-state index contributed by atoms with van der Waals surface area (Å²) in [5.74, 6) is 1.27. The predicted molar refractivity (Wildman–Crippen MR) is 128 cm³/mol. The van der Waals surface area contributed by atoms with Crippen LogP contribution < -0.4 is 4.74 Å². The van der Waals surface area contributed by atoms with E-state index < -0.39 is 18.7 Å². The Morgan fingerprint density at radius 1 is 1.08 bits per heavy atom. The molecule has 37 heavy (non-hydrogen) atoms. The number of pyridine rings is 1. The molecule has 0 fully saturated rings. The predicted octanol–water partition coefficient (Wildman–Crippen LogP) is 5.17. The Labute approximate surface area is 209 Å². The van der Waals surface area contributed by atoms with Crippen LogP contribution in [0.5, 0.6) is 11.6 Å². The van der Waals surface area contributed by atoms with Gasteiger partial charge >= 0.3 is 6.18 Å². The number of H-pyrrole nitrogens is 1. The molecule has 0 radical (unpaired) electrons. The Bertz CT molecular complexity index is 1570. The first kappa shape index (κ1) is 24.4. The van der Waals surface area contributed by atoms with Gasteiger partial charge in [0.2, 0.25) is 5.88 Å². The second-order valence-electron chi connectivity index (χ2n) is 8.62. The molecule has 4 heterocycles. The van der Waals surface area contributed by atoms with Gasteiger partial charge in [-0.2, -0.15) is 23.4 Å². The molecule has 1 aromatic carbocycles. The molecule has 5 rings (SSSR count). The van der Waals surface area contributed by atoms with Crippen molar-refractivity contribution < 1.29 is 23.0 Å². The lowest BCUT2D eigenvalue weighted by Gasteiger charge is -2.15. The summed E-state index contributed by atoms with van der Waals surface area (Å²) in [7, 11) is 0. The van der Waals surface area contributed by atoms with Gasteiger partial charge < -0.3 is 9.84 Å². The summed E-state index contributed by atoms with van der Waals surface area (Å²) in [4.78, 5) is 9.10. The van der Waals surface area contributed by atoms with Crippen LogP contribution in [0.3, 0.4) is 0 Å². The van der Waals surface area contributed by atoms with Crippen LogP contribution in [0.15, 0.2) is 48.8 Å². The van der Waals surface area contributed by atoms with E-state index in [4.69, 9.17) is 4.74 Å². The molecule has 2 N–H and O–H groups in total. The number of nitrogens with one attached hydrogen (secondary N) is 1. The Morgan fingerprint density at radius 3 is 2.59 bits per heavy atom. The zero-order valence-corrected chi connectivity index (χ0v) is 20.1. The molecule has 1 atom stereocenters. The second kappa shape index (κ2) is 9.28. The molecular weight excluding hydrogens is 487 g/mol. The number of benzene rings is 1. The third kappa shape index (κ3) is 5.00. The van der Waals surface area contributed by atoms with Gasteiger partial charge in [0.05, 0.1) is 46.3 Å². The summed E-state index contributed by atoms with van der Waals surface area (Å²) in [6.07, 6.45) is -5.04. The summed E-state index contributed by atoms with van der Waals surface area (Å²) >= 11 is 0. The summed E-state index contributed by atoms with van der Waals surface area (Å²) in [6, 6.07) is 12.1. The highest BCUT2D eigenvalue weighted by Gasteiger charge is 2.32. The average Bonchev–Trinajstić information content (AvgIpc) is 3.42. The average molecular weight is 509 g/mol.